The minimum atomic E-state index is -4.55. The van der Waals surface area contributed by atoms with Crippen molar-refractivity contribution < 1.29 is 21.9 Å². The highest BCUT2D eigenvalue weighted by Crippen LogP contribution is 2.20. The Kier molecular flexibility index (Phi) is 3.59. The molecule has 0 atom stereocenters. The van der Waals surface area contributed by atoms with Gasteiger partial charge in [0.05, 0.1) is 0 Å². The van der Waals surface area contributed by atoms with Gasteiger partial charge in [0, 0.05) is 5.56 Å². The van der Waals surface area contributed by atoms with Gasteiger partial charge < -0.3 is 4.18 Å². The fourth-order valence-corrected chi connectivity index (χ4v) is 1.33. The number of aldehydes is 1. The largest absolute Gasteiger partial charge is 0.446 e. The van der Waals surface area contributed by atoms with Crippen molar-refractivity contribution in [1.29, 1.82) is 0 Å². The quantitative estimate of drug-likeness (QED) is 0.474. The maximum absolute atomic E-state index is 10.5. The van der Waals surface area contributed by atoms with Crippen LogP contribution in [0.4, 0.5) is 0 Å². The van der Waals surface area contributed by atoms with Crippen molar-refractivity contribution in [3.8, 4) is 5.75 Å². The Morgan fingerprint density at radius 1 is 1.27 bits per heavy atom. The Balaban J connectivity index is 3.06. The van der Waals surface area contributed by atoms with Gasteiger partial charge in [0.15, 0.2) is 5.75 Å². The molecule has 0 heterocycles. The lowest BCUT2D eigenvalue weighted by Crippen LogP contribution is -2.07. The van der Waals surface area contributed by atoms with Gasteiger partial charge in [0.1, 0.15) is 6.29 Å². The summed E-state index contributed by atoms with van der Waals surface area (Å²) in [5.41, 5.74) is 0.377. The molecule has 0 amide bonds. The summed E-state index contributed by atoms with van der Waals surface area (Å²) in [5.74, 6) is -0.0434. The summed E-state index contributed by atoms with van der Waals surface area (Å²) in [6.07, 6.45) is 3.10. The number of carbonyl (C=O) groups excluding carboxylic acids is 1. The summed E-state index contributed by atoms with van der Waals surface area (Å²) in [6.45, 7) is 0. The van der Waals surface area contributed by atoms with Gasteiger partial charge in [-0.15, -0.1) is 0 Å². The van der Waals surface area contributed by atoms with Crippen molar-refractivity contribution in [2.75, 3.05) is 0 Å². The first-order valence-electron chi connectivity index (χ1n) is 3.91. The van der Waals surface area contributed by atoms with Crippen LogP contribution in [-0.2, 0) is 15.2 Å². The molecule has 0 radical (unpaired) electrons. The van der Waals surface area contributed by atoms with E-state index in [1.807, 2.05) is 0 Å². The third-order valence-corrected chi connectivity index (χ3v) is 1.86. The Labute approximate surface area is 86.9 Å². The molecule has 1 N–H and O–H groups in total. The maximum atomic E-state index is 10.5. The lowest BCUT2D eigenvalue weighted by molar-refractivity contribution is -0.104. The normalized spacial score (nSPS) is 11.5. The molecule has 0 fully saturated rings. The van der Waals surface area contributed by atoms with E-state index in [0.29, 0.717) is 11.8 Å². The fraction of sp³-hybridized carbons (Fsp3) is 0. The van der Waals surface area contributed by atoms with Crippen molar-refractivity contribution in [3.63, 3.8) is 0 Å². The molecule has 6 heteroatoms. The molecule has 0 saturated carbocycles. The predicted molar refractivity (Wildman–Crippen MR) is 53.7 cm³/mol. The second-order valence-electron chi connectivity index (χ2n) is 2.54. The molecule has 0 aliphatic carbocycles. The van der Waals surface area contributed by atoms with E-state index in [1.165, 1.54) is 18.2 Å². The summed E-state index contributed by atoms with van der Waals surface area (Å²) < 4.78 is 33.7. The molecule has 0 aromatic heterocycles. The second kappa shape index (κ2) is 4.72. The molecule has 0 unspecified atom stereocenters. The SMILES string of the molecule is O=C/C=C/c1ccccc1OS(=O)(=O)O. The van der Waals surface area contributed by atoms with Crippen molar-refractivity contribution >= 4 is 22.8 Å². The first kappa shape index (κ1) is 11.4. The summed E-state index contributed by atoms with van der Waals surface area (Å²) >= 11 is 0. The van der Waals surface area contributed by atoms with E-state index >= 15 is 0 Å². The molecule has 0 saturated heterocycles. The van der Waals surface area contributed by atoms with E-state index in [2.05, 4.69) is 4.18 Å². The van der Waals surface area contributed by atoms with Gasteiger partial charge in [-0.25, -0.2) is 0 Å². The van der Waals surface area contributed by atoms with Crippen LogP contribution in [0.1, 0.15) is 5.56 Å². The Bertz CT molecular complexity index is 475. The van der Waals surface area contributed by atoms with E-state index in [4.69, 9.17) is 4.55 Å². The number of hydrogen-bond acceptors (Lipinski definition) is 4. The third kappa shape index (κ3) is 3.92. The second-order valence-corrected chi connectivity index (χ2v) is 3.57. The first-order chi connectivity index (χ1) is 7.03. The van der Waals surface area contributed by atoms with Crippen LogP contribution in [0.3, 0.4) is 0 Å². The number of benzene rings is 1. The van der Waals surface area contributed by atoms with Gasteiger partial charge in [-0.2, -0.15) is 8.42 Å². The van der Waals surface area contributed by atoms with Crippen LogP contribution in [0.15, 0.2) is 30.3 Å². The van der Waals surface area contributed by atoms with Crippen LogP contribution >= 0.6 is 0 Å². The maximum Gasteiger partial charge on any atom is 0.446 e. The van der Waals surface area contributed by atoms with Crippen molar-refractivity contribution in [2.24, 2.45) is 0 Å². The Morgan fingerprint density at radius 2 is 1.93 bits per heavy atom. The van der Waals surface area contributed by atoms with E-state index in [0.717, 1.165) is 0 Å². The topological polar surface area (TPSA) is 80.7 Å². The van der Waals surface area contributed by atoms with Gasteiger partial charge in [0.2, 0.25) is 0 Å². The third-order valence-electron chi connectivity index (χ3n) is 1.47. The molecular formula is C9H8O5S. The smallest absolute Gasteiger partial charge is 0.361 e. The summed E-state index contributed by atoms with van der Waals surface area (Å²) in [5, 5.41) is 0. The molecule has 0 aliphatic rings. The number of rotatable bonds is 4. The van der Waals surface area contributed by atoms with Crippen LogP contribution in [0, 0.1) is 0 Å². The zero-order valence-corrected chi connectivity index (χ0v) is 8.35. The molecule has 1 aromatic carbocycles. The standard InChI is InChI=1S/C9H8O5S/c10-7-3-5-8-4-1-2-6-9(8)14-15(11,12)13/h1-7H,(H,11,12,13)/b5-3+. The number of allylic oxidation sites excluding steroid dienone is 1. The zero-order valence-electron chi connectivity index (χ0n) is 7.53. The molecule has 15 heavy (non-hydrogen) atoms. The van der Waals surface area contributed by atoms with Crippen LogP contribution < -0.4 is 4.18 Å². The molecule has 80 valence electrons. The summed E-state index contributed by atoms with van der Waals surface area (Å²) in [4.78, 5) is 10.1. The average molecular weight is 228 g/mol. The van der Waals surface area contributed by atoms with Crippen molar-refractivity contribution in [2.45, 2.75) is 0 Å². The number of hydrogen-bond donors (Lipinski definition) is 1. The van der Waals surface area contributed by atoms with Crippen LogP contribution in [0.25, 0.3) is 6.08 Å². The Morgan fingerprint density at radius 3 is 2.53 bits per heavy atom. The van der Waals surface area contributed by atoms with Gasteiger partial charge in [-0.3, -0.25) is 9.35 Å². The monoisotopic (exact) mass is 228 g/mol. The van der Waals surface area contributed by atoms with Crippen LogP contribution in [-0.4, -0.2) is 19.3 Å². The molecule has 1 aromatic rings. The predicted octanol–water partition coefficient (Wildman–Crippen LogP) is 1.08. The van der Waals surface area contributed by atoms with Gasteiger partial charge in [0.25, 0.3) is 0 Å². The fourth-order valence-electron chi connectivity index (χ4n) is 0.951. The molecule has 0 bridgehead atoms. The highest BCUT2D eigenvalue weighted by atomic mass is 32.3. The lowest BCUT2D eigenvalue weighted by atomic mass is 10.2. The van der Waals surface area contributed by atoms with Gasteiger partial charge in [-0.05, 0) is 18.2 Å². The van der Waals surface area contributed by atoms with E-state index in [9.17, 15) is 13.2 Å². The van der Waals surface area contributed by atoms with Crippen molar-refractivity contribution in [1.82, 2.24) is 0 Å². The van der Waals surface area contributed by atoms with Gasteiger partial charge in [-0.1, -0.05) is 18.2 Å². The lowest BCUT2D eigenvalue weighted by Gasteiger charge is -2.04. The van der Waals surface area contributed by atoms with E-state index in [-0.39, 0.29) is 5.75 Å². The van der Waals surface area contributed by atoms with Crippen molar-refractivity contribution in [3.05, 3.63) is 35.9 Å². The minimum absolute atomic E-state index is 0.0434. The zero-order chi connectivity index (χ0) is 11.3. The molecular weight excluding hydrogens is 220 g/mol. The van der Waals surface area contributed by atoms with E-state index < -0.39 is 10.4 Å². The average Bonchev–Trinajstić information content (AvgIpc) is 2.14. The number of carbonyl (C=O) groups is 1. The molecule has 1 rings (SSSR count). The van der Waals surface area contributed by atoms with E-state index in [1.54, 1.807) is 18.2 Å². The summed E-state index contributed by atoms with van der Waals surface area (Å²) in [6, 6.07) is 6.08. The molecule has 0 aliphatic heterocycles. The van der Waals surface area contributed by atoms with Crippen LogP contribution in [0.2, 0.25) is 0 Å². The molecule has 5 nitrogen and oxygen atoms in total. The van der Waals surface area contributed by atoms with Gasteiger partial charge >= 0.3 is 10.4 Å². The first-order valence-corrected chi connectivity index (χ1v) is 5.27. The number of para-hydroxylation sites is 1. The highest BCUT2D eigenvalue weighted by Gasteiger charge is 2.08. The summed E-state index contributed by atoms with van der Waals surface area (Å²) in [7, 11) is -4.55. The Hall–Kier alpha value is -1.66. The highest BCUT2D eigenvalue weighted by molar-refractivity contribution is 7.81. The van der Waals surface area contributed by atoms with Crippen LogP contribution in [0.5, 0.6) is 5.75 Å². The molecule has 0 spiro atoms. The minimum Gasteiger partial charge on any atom is -0.361 e.